The second-order valence-electron chi connectivity index (χ2n) is 7.13. The highest BCUT2D eigenvalue weighted by atomic mass is 16.2. The van der Waals surface area contributed by atoms with Crippen molar-refractivity contribution < 1.29 is 14.4 Å². The Hall–Kier alpha value is -2.37. The third-order valence-electron chi connectivity index (χ3n) is 5.35. The van der Waals surface area contributed by atoms with Gasteiger partial charge in [0.25, 0.3) is 0 Å². The smallest absolute Gasteiger partial charge is 0.227 e. The van der Waals surface area contributed by atoms with E-state index in [1.54, 1.807) is 4.90 Å². The maximum absolute atomic E-state index is 12.9. The van der Waals surface area contributed by atoms with Gasteiger partial charge in [-0.25, -0.2) is 0 Å². The Labute approximate surface area is 154 Å². The van der Waals surface area contributed by atoms with Gasteiger partial charge in [-0.2, -0.15) is 0 Å². The first-order valence-corrected chi connectivity index (χ1v) is 9.47. The summed E-state index contributed by atoms with van der Waals surface area (Å²) in [4.78, 5) is 41.5. The molecule has 0 saturated carbocycles. The molecule has 3 amide bonds. The molecule has 6 heteroatoms. The average Bonchev–Trinajstić information content (AvgIpc) is 2.93. The molecule has 0 spiro atoms. The van der Waals surface area contributed by atoms with E-state index in [1.165, 1.54) is 5.56 Å². The van der Waals surface area contributed by atoms with E-state index >= 15 is 0 Å². The highest BCUT2D eigenvalue weighted by molar-refractivity contribution is 5.84. The van der Waals surface area contributed by atoms with E-state index in [1.807, 2.05) is 28.0 Å². The normalized spacial score (nSPS) is 21.5. The molecule has 0 aromatic heterocycles. The molecule has 0 N–H and O–H groups in total. The van der Waals surface area contributed by atoms with Crippen LogP contribution >= 0.6 is 0 Å². The number of carbonyl (C=O) groups excluding carboxylic acids is 3. The van der Waals surface area contributed by atoms with E-state index in [9.17, 15) is 14.4 Å². The fourth-order valence-corrected chi connectivity index (χ4v) is 3.76. The number of benzene rings is 1. The van der Waals surface area contributed by atoms with Gasteiger partial charge in [-0.3, -0.25) is 14.4 Å². The summed E-state index contributed by atoms with van der Waals surface area (Å²) < 4.78 is 0. The molecule has 0 unspecified atom stereocenters. The lowest BCUT2D eigenvalue weighted by molar-refractivity contribution is -0.143. The van der Waals surface area contributed by atoms with Gasteiger partial charge >= 0.3 is 0 Å². The Bertz CT molecular complexity index is 634. The fourth-order valence-electron chi connectivity index (χ4n) is 3.76. The molecular formula is C20H27N3O3. The number of hydrogen-bond donors (Lipinski definition) is 0. The van der Waals surface area contributed by atoms with Crippen molar-refractivity contribution in [3.63, 3.8) is 0 Å². The minimum absolute atomic E-state index is 0.119. The zero-order chi connectivity index (χ0) is 18.4. The molecule has 3 rings (SSSR count). The number of amides is 3. The van der Waals surface area contributed by atoms with Gasteiger partial charge in [-0.1, -0.05) is 30.3 Å². The van der Waals surface area contributed by atoms with Crippen LogP contribution in [0.3, 0.4) is 0 Å². The van der Waals surface area contributed by atoms with Gasteiger partial charge in [0.2, 0.25) is 18.2 Å². The topological polar surface area (TPSA) is 60.9 Å². The SMILES string of the molecule is O=CN1CCCN(C(=O)[C@@H]2CCC(=O)N(CCc3ccccc3)C2)CC1. The quantitative estimate of drug-likeness (QED) is 0.743. The number of piperidine rings is 1. The van der Waals surface area contributed by atoms with Crippen molar-refractivity contribution in [1.82, 2.24) is 14.7 Å². The molecule has 1 aromatic carbocycles. The van der Waals surface area contributed by atoms with Crippen LogP contribution < -0.4 is 0 Å². The van der Waals surface area contributed by atoms with E-state index in [4.69, 9.17) is 0 Å². The van der Waals surface area contributed by atoms with Crippen molar-refractivity contribution in [2.45, 2.75) is 25.7 Å². The van der Waals surface area contributed by atoms with Crippen molar-refractivity contribution in [2.75, 3.05) is 39.3 Å². The fraction of sp³-hybridized carbons (Fsp3) is 0.550. The Morgan fingerprint density at radius 3 is 2.69 bits per heavy atom. The highest BCUT2D eigenvalue weighted by Crippen LogP contribution is 2.21. The van der Waals surface area contributed by atoms with Crippen LogP contribution in [0.4, 0.5) is 0 Å². The van der Waals surface area contributed by atoms with Crippen LogP contribution in [0, 0.1) is 5.92 Å². The summed E-state index contributed by atoms with van der Waals surface area (Å²) in [6, 6.07) is 10.1. The molecule has 6 nitrogen and oxygen atoms in total. The van der Waals surface area contributed by atoms with Gasteiger partial charge in [0.05, 0.1) is 5.92 Å². The van der Waals surface area contributed by atoms with E-state index in [2.05, 4.69) is 12.1 Å². The first-order chi connectivity index (χ1) is 12.7. The van der Waals surface area contributed by atoms with Gasteiger partial charge in [0.15, 0.2) is 0 Å². The van der Waals surface area contributed by atoms with Crippen LogP contribution in [0.5, 0.6) is 0 Å². The first-order valence-electron chi connectivity index (χ1n) is 9.47. The van der Waals surface area contributed by atoms with Crippen molar-refractivity contribution >= 4 is 18.2 Å². The third kappa shape index (κ3) is 4.62. The van der Waals surface area contributed by atoms with Crippen molar-refractivity contribution in [3.8, 4) is 0 Å². The Morgan fingerprint density at radius 1 is 1.12 bits per heavy atom. The van der Waals surface area contributed by atoms with Crippen LogP contribution in [-0.2, 0) is 20.8 Å². The Balaban J connectivity index is 1.55. The first kappa shape index (κ1) is 18.4. The second kappa shape index (κ2) is 8.83. The largest absolute Gasteiger partial charge is 0.343 e. The molecule has 2 aliphatic heterocycles. The summed E-state index contributed by atoms with van der Waals surface area (Å²) in [5.74, 6) is 0.161. The summed E-state index contributed by atoms with van der Waals surface area (Å²) in [6.45, 7) is 3.76. The van der Waals surface area contributed by atoms with Gasteiger partial charge in [0.1, 0.15) is 0 Å². The van der Waals surface area contributed by atoms with E-state index in [0.717, 1.165) is 19.3 Å². The number of nitrogens with zero attached hydrogens (tertiary/aromatic N) is 3. The zero-order valence-corrected chi connectivity index (χ0v) is 15.2. The number of carbonyl (C=O) groups is 3. The average molecular weight is 357 g/mol. The predicted molar refractivity (Wildman–Crippen MR) is 98.3 cm³/mol. The van der Waals surface area contributed by atoms with Crippen molar-refractivity contribution in [2.24, 2.45) is 5.92 Å². The Morgan fingerprint density at radius 2 is 1.92 bits per heavy atom. The zero-order valence-electron chi connectivity index (χ0n) is 15.2. The summed E-state index contributed by atoms with van der Waals surface area (Å²) in [5.41, 5.74) is 1.20. The molecule has 0 radical (unpaired) electrons. The molecule has 0 bridgehead atoms. The van der Waals surface area contributed by atoms with Gasteiger partial charge in [-0.15, -0.1) is 0 Å². The summed E-state index contributed by atoms with van der Waals surface area (Å²) in [7, 11) is 0. The minimum Gasteiger partial charge on any atom is -0.343 e. The van der Waals surface area contributed by atoms with Crippen LogP contribution in [0.25, 0.3) is 0 Å². The molecule has 2 fully saturated rings. The molecule has 0 aliphatic carbocycles. The number of likely N-dealkylation sites (tertiary alicyclic amines) is 1. The lowest BCUT2D eigenvalue weighted by Gasteiger charge is -2.34. The molecule has 2 aliphatic rings. The lowest BCUT2D eigenvalue weighted by atomic mass is 9.95. The molecule has 1 aromatic rings. The van der Waals surface area contributed by atoms with Gasteiger partial charge in [-0.05, 0) is 24.8 Å². The number of rotatable bonds is 5. The van der Waals surface area contributed by atoms with E-state index < -0.39 is 0 Å². The molecule has 2 heterocycles. The van der Waals surface area contributed by atoms with E-state index in [-0.39, 0.29) is 17.7 Å². The third-order valence-corrected chi connectivity index (χ3v) is 5.35. The van der Waals surface area contributed by atoms with Gasteiger partial charge < -0.3 is 14.7 Å². The maximum Gasteiger partial charge on any atom is 0.227 e. The molecular weight excluding hydrogens is 330 g/mol. The van der Waals surface area contributed by atoms with E-state index in [0.29, 0.717) is 52.1 Å². The molecule has 1 atom stereocenters. The highest BCUT2D eigenvalue weighted by Gasteiger charge is 2.33. The summed E-state index contributed by atoms with van der Waals surface area (Å²) in [6.07, 6.45) is 3.56. The van der Waals surface area contributed by atoms with Crippen LogP contribution in [0.2, 0.25) is 0 Å². The lowest BCUT2D eigenvalue weighted by Crippen LogP contribution is -2.48. The summed E-state index contributed by atoms with van der Waals surface area (Å²) >= 11 is 0. The summed E-state index contributed by atoms with van der Waals surface area (Å²) in [5, 5.41) is 0. The van der Waals surface area contributed by atoms with Gasteiger partial charge in [0, 0.05) is 45.7 Å². The molecule has 26 heavy (non-hydrogen) atoms. The predicted octanol–water partition coefficient (Wildman–Crippen LogP) is 1.16. The van der Waals surface area contributed by atoms with Crippen LogP contribution in [0.1, 0.15) is 24.8 Å². The molecule has 140 valence electrons. The molecule has 2 saturated heterocycles. The second-order valence-corrected chi connectivity index (χ2v) is 7.13. The van der Waals surface area contributed by atoms with Crippen molar-refractivity contribution in [1.29, 1.82) is 0 Å². The van der Waals surface area contributed by atoms with Crippen LogP contribution in [0.15, 0.2) is 30.3 Å². The monoisotopic (exact) mass is 357 g/mol. The number of hydrogen-bond acceptors (Lipinski definition) is 3. The maximum atomic E-state index is 12.9. The Kier molecular flexibility index (Phi) is 6.26. The minimum atomic E-state index is -0.119. The van der Waals surface area contributed by atoms with Crippen LogP contribution in [-0.4, -0.2) is 72.2 Å². The standard InChI is InChI=1S/C20H27N3O3/c24-16-21-10-4-11-22(14-13-21)20(26)18-7-8-19(25)23(15-18)12-9-17-5-2-1-3-6-17/h1-3,5-6,16,18H,4,7-15H2/t18-/m1/s1. The van der Waals surface area contributed by atoms with Crippen molar-refractivity contribution in [3.05, 3.63) is 35.9 Å².